The van der Waals surface area contributed by atoms with Gasteiger partial charge in [-0.05, 0) is 6.42 Å². The van der Waals surface area contributed by atoms with Crippen LogP contribution in [0, 0.1) is 0 Å². The fraction of sp³-hybridized carbons (Fsp3) is 1.00. The third-order valence-corrected chi connectivity index (χ3v) is 3.13. The Kier molecular flexibility index (Phi) is 4.87. The second-order valence-electron chi connectivity index (χ2n) is 3.12. The number of sulfonamides is 1. The molecule has 3 nitrogen and oxygen atoms in total. The van der Waals surface area contributed by atoms with E-state index in [-0.39, 0.29) is 6.42 Å². The first-order chi connectivity index (χ1) is 6.19. The van der Waals surface area contributed by atoms with E-state index >= 15 is 0 Å². The van der Waals surface area contributed by atoms with Crippen LogP contribution in [-0.2, 0) is 10.0 Å². The van der Waals surface area contributed by atoms with Crippen LogP contribution in [0.25, 0.3) is 0 Å². The van der Waals surface area contributed by atoms with E-state index in [0.717, 1.165) is 6.42 Å². The lowest BCUT2D eigenvalue weighted by Crippen LogP contribution is -2.40. The number of alkyl halides is 3. The second-order valence-corrected chi connectivity index (χ2v) is 4.86. The maximum absolute atomic E-state index is 12.2. The van der Waals surface area contributed by atoms with Crippen LogP contribution >= 0.6 is 0 Å². The minimum absolute atomic E-state index is 0.219. The Morgan fingerprint density at radius 2 is 1.79 bits per heavy atom. The molecule has 0 aliphatic heterocycles. The summed E-state index contributed by atoms with van der Waals surface area (Å²) in [7, 11) is -4.53. The van der Waals surface area contributed by atoms with Crippen LogP contribution < -0.4 is 5.14 Å². The first-order valence-corrected chi connectivity index (χ1v) is 5.89. The van der Waals surface area contributed by atoms with Gasteiger partial charge in [0.25, 0.3) is 0 Å². The normalized spacial score (nSPS) is 15.5. The Hall–Kier alpha value is -0.300. The molecule has 0 bridgehead atoms. The van der Waals surface area contributed by atoms with Crippen molar-refractivity contribution >= 4 is 10.0 Å². The molecule has 1 unspecified atom stereocenters. The van der Waals surface area contributed by atoms with Gasteiger partial charge in [0.1, 0.15) is 0 Å². The standard InChI is InChI=1S/C7H14F3NO2S/c1-2-3-4-5-6(7(8,9)10)14(11,12)13/h6H,2-5H2,1H3,(H2,11,12,13). The van der Waals surface area contributed by atoms with Gasteiger partial charge >= 0.3 is 6.18 Å². The van der Waals surface area contributed by atoms with Gasteiger partial charge < -0.3 is 0 Å². The minimum Gasteiger partial charge on any atom is -0.228 e. The lowest BCUT2D eigenvalue weighted by Gasteiger charge is -2.17. The van der Waals surface area contributed by atoms with Crippen molar-refractivity contribution < 1.29 is 21.6 Å². The van der Waals surface area contributed by atoms with Gasteiger partial charge in [0, 0.05) is 0 Å². The molecular formula is C7H14F3NO2S. The molecule has 0 aromatic carbocycles. The molecule has 0 saturated carbocycles. The number of primary sulfonamides is 1. The highest BCUT2D eigenvalue weighted by atomic mass is 32.2. The number of halogens is 3. The van der Waals surface area contributed by atoms with Crippen molar-refractivity contribution in [2.75, 3.05) is 0 Å². The molecule has 0 aromatic rings. The largest absolute Gasteiger partial charge is 0.406 e. The number of nitrogens with two attached hydrogens (primary N) is 1. The quantitative estimate of drug-likeness (QED) is 0.736. The molecule has 0 saturated heterocycles. The summed E-state index contributed by atoms with van der Waals surface area (Å²) in [6, 6.07) is 0. The number of rotatable bonds is 5. The van der Waals surface area contributed by atoms with E-state index in [1.165, 1.54) is 0 Å². The summed E-state index contributed by atoms with van der Waals surface area (Å²) in [6.07, 6.45) is -3.69. The molecule has 7 heteroatoms. The van der Waals surface area contributed by atoms with Gasteiger partial charge in [0.2, 0.25) is 10.0 Å². The fourth-order valence-corrected chi connectivity index (χ4v) is 1.96. The van der Waals surface area contributed by atoms with Crippen LogP contribution in [0.5, 0.6) is 0 Å². The maximum Gasteiger partial charge on any atom is 0.406 e. The molecule has 2 N–H and O–H groups in total. The van der Waals surface area contributed by atoms with E-state index in [1.54, 1.807) is 0 Å². The Morgan fingerprint density at radius 3 is 2.07 bits per heavy atom. The highest BCUT2D eigenvalue weighted by molar-refractivity contribution is 7.89. The van der Waals surface area contributed by atoms with Crippen LogP contribution in [0.3, 0.4) is 0 Å². The zero-order valence-electron chi connectivity index (χ0n) is 7.84. The fourth-order valence-electron chi connectivity index (χ4n) is 1.09. The van der Waals surface area contributed by atoms with Crippen LogP contribution in [0.1, 0.15) is 32.6 Å². The predicted octanol–water partition coefficient (Wildman–Crippen LogP) is 1.79. The van der Waals surface area contributed by atoms with Crippen molar-refractivity contribution in [3.8, 4) is 0 Å². The molecule has 0 aliphatic carbocycles. The Balaban J connectivity index is 4.45. The average molecular weight is 233 g/mol. The summed E-state index contributed by atoms with van der Waals surface area (Å²) in [5.41, 5.74) is 0. The SMILES string of the molecule is CCCCCC(C(F)(F)F)S(N)(=O)=O. The Morgan fingerprint density at radius 1 is 1.29 bits per heavy atom. The van der Waals surface area contributed by atoms with Crippen LogP contribution in [0.15, 0.2) is 0 Å². The van der Waals surface area contributed by atoms with Gasteiger partial charge in [0.05, 0.1) is 0 Å². The third kappa shape index (κ3) is 4.80. The molecule has 0 aliphatic rings. The summed E-state index contributed by atoms with van der Waals surface area (Å²) < 4.78 is 57.8. The van der Waals surface area contributed by atoms with E-state index in [4.69, 9.17) is 0 Å². The van der Waals surface area contributed by atoms with E-state index < -0.39 is 27.9 Å². The third-order valence-electron chi connectivity index (χ3n) is 1.83. The van der Waals surface area contributed by atoms with Gasteiger partial charge in [-0.25, -0.2) is 13.6 Å². The summed E-state index contributed by atoms with van der Waals surface area (Å²) in [5, 5.41) is 2.09. The molecule has 0 spiro atoms. The van der Waals surface area contributed by atoms with Crippen molar-refractivity contribution in [1.29, 1.82) is 0 Å². The average Bonchev–Trinajstić information content (AvgIpc) is 1.92. The van der Waals surface area contributed by atoms with E-state index in [1.807, 2.05) is 6.92 Å². The summed E-state index contributed by atoms with van der Waals surface area (Å²) in [6.45, 7) is 1.82. The maximum atomic E-state index is 12.2. The molecule has 1 atom stereocenters. The second kappa shape index (κ2) is 4.97. The molecule has 14 heavy (non-hydrogen) atoms. The summed E-state index contributed by atoms with van der Waals surface area (Å²) in [4.78, 5) is 0. The zero-order valence-corrected chi connectivity index (χ0v) is 8.66. The molecule has 0 heterocycles. The van der Waals surface area contributed by atoms with Crippen molar-refractivity contribution in [2.24, 2.45) is 5.14 Å². The number of unbranched alkanes of at least 4 members (excludes halogenated alkanes) is 2. The van der Waals surface area contributed by atoms with Crippen LogP contribution in [0.4, 0.5) is 13.2 Å². The monoisotopic (exact) mass is 233 g/mol. The van der Waals surface area contributed by atoms with Crippen molar-refractivity contribution in [1.82, 2.24) is 0 Å². The molecule has 0 amide bonds. The van der Waals surface area contributed by atoms with E-state index in [0.29, 0.717) is 6.42 Å². The first-order valence-electron chi connectivity index (χ1n) is 4.28. The molecule has 0 aromatic heterocycles. The number of hydrogen-bond donors (Lipinski definition) is 1. The van der Waals surface area contributed by atoms with Gasteiger partial charge in [-0.1, -0.05) is 26.2 Å². The van der Waals surface area contributed by atoms with Gasteiger partial charge in [-0.15, -0.1) is 0 Å². The molecule has 86 valence electrons. The van der Waals surface area contributed by atoms with Crippen molar-refractivity contribution in [3.63, 3.8) is 0 Å². The molecular weight excluding hydrogens is 219 g/mol. The highest BCUT2D eigenvalue weighted by Crippen LogP contribution is 2.28. The van der Waals surface area contributed by atoms with Crippen LogP contribution in [-0.4, -0.2) is 19.8 Å². The minimum atomic E-state index is -4.76. The first kappa shape index (κ1) is 13.7. The topological polar surface area (TPSA) is 60.2 Å². The van der Waals surface area contributed by atoms with Gasteiger partial charge in [-0.2, -0.15) is 13.2 Å². The predicted molar refractivity (Wildman–Crippen MR) is 47.1 cm³/mol. The smallest absolute Gasteiger partial charge is 0.228 e. The molecule has 0 rings (SSSR count). The van der Waals surface area contributed by atoms with Gasteiger partial charge in [0.15, 0.2) is 5.25 Å². The lowest BCUT2D eigenvalue weighted by atomic mass is 10.1. The number of hydrogen-bond acceptors (Lipinski definition) is 2. The Bertz CT molecular complexity index is 261. The molecule has 0 fully saturated rings. The van der Waals surface area contributed by atoms with Crippen LogP contribution in [0.2, 0.25) is 0 Å². The van der Waals surface area contributed by atoms with Crippen molar-refractivity contribution in [3.05, 3.63) is 0 Å². The van der Waals surface area contributed by atoms with Gasteiger partial charge in [-0.3, -0.25) is 0 Å². The van der Waals surface area contributed by atoms with Crippen molar-refractivity contribution in [2.45, 2.75) is 44.0 Å². The van der Waals surface area contributed by atoms with E-state index in [9.17, 15) is 21.6 Å². The Labute approximate surface area is 81.5 Å². The summed E-state index contributed by atoms with van der Waals surface area (Å²) in [5.74, 6) is 0. The zero-order chi connectivity index (χ0) is 11.4. The highest BCUT2D eigenvalue weighted by Gasteiger charge is 2.46. The molecule has 0 radical (unpaired) electrons. The summed E-state index contributed by atoms with van der Waals surface area (Å²) >= 11 is 0. The lowest BCUT2D eigenvalue weighted by molar-refractivity contribution is -0.131. The van der Waals surface area contributed by atoms with E-state index in [2.05, 4.69) is 5.14 Å².